The summed E-state index contributed by atoms with van der Waals surface area (Å²) in [7, 11) is 0. The summed E-state index contributed by atoms with van der Waals surface area (Å²) in [5.41, 5.74) is 8.72. The van der Waals surface area contributed by atoms with E-state index in [0.29, 0.717) is 16.3 Å². The molecule has 1 aromatic heterocycles. The number of nitrogen functional groups attached to an aromatic ring is 1. The zero-order chi connectivity index (χ0) is 12.7. The van der Waals surface area contributed by atoms with E-state index in [0.717, 1.165) is 15.8 Å². The molecule has 0 fully saturated rings. The van der Waals surface area contributed by atoms with Crippen molar-refractivity contribution in [3.8, 4) is 10.6 Å². The van der Waals surface area contributed by atoms with Crippen molar-refractivity contribution in [2.24, 2.45) is 0 Å². The molecule has 2 nitrogen and oxygen atoms in total. The molecule has 3 aromatic rings. The van der Waals surface area contributed by atoms with Crippen LogP contribution in [0.2, 0.25) is 0 Å². The molecule has 0 saturated heterocycles. The third-order valence-corrected chi connectivity index (χ3v) is 3.82. The Morgan fingerprint density at radius 1 is 1.17 bits per heavy atom. The summed E-state index contributed by atoms with van der Waals surface area (Å²) in [6.07, 6.45) is 0. The molecule has 0 atom stereocenters. The first kappa shape index (κ1) is 11.2. The molecular weight excluding hydrogens is 247 g/mol. The number of hydrogen-bond acceptors (Lipinski definition) is 3. The summed E-state index contributed by atoms with van der Waals surface area (Å²) in [6.45, 7) is 1.87. The second kappa shape index (κ2) is 4.07. The van der Waals surface area contributed by atoms with Gasteiger partial charge in [-0.3, -0.25) is 0 Å². The standard InChI is InChI=1S/C14H11FN2S/c1-8-2-4-10(11(15)6-8)14-17-12-5-3-9(16)7-13(12)18-14/h2-7H,16H2,1H3. The normalized spacial score (nSPS) is 11.0. The number of fused-ring (bicyclic) bond motifs is 1. The third-order valence-electron chi connectivity index (χ3n) is 2.77. The van der Waals surface area contributed by atoms with Crippen molar-refractivity contribution in [2.75, 3.05) is 5.73 Å². The van der Waals surface area contributed by atoms with Gasteiger partial charge in [0.25, 0.3) is 0 Å². The molecule has 0 aliphatic carbocycles. The van der Waals surface area contributed by atoms with Crippen LogP contribution in [0, 0.1) is 12.7 Å². The number of nitrogens with two attached hydrogens (primary N) is 1. The quantitative estimate of drug-likeness (QED) is 0.670. The van der Waals surface area contributed by atoms with Gasteiger partial charge in [0.1, 0.15) is 10.8 Å². The molecule has 0 aliphatic heterocycles. The van der Waals surface area contributed by atoms with Crippen LogP contribution in [-0.2, 0) is 0 Å². The maximum atomic E-state index is 13.9. The lowest BCUT2D eigenvalue weighted by molar-refractivity contribution is 0.630. The molecule has 18 heavy (non-hydrogen) atoms. The Bertz CT molecular complexity index is 734. The minimum atomic E-state index is -0.234. The van der Waals surface area contributed by atoms with Gasteiger partial charge in [0.15, 0.2) is 0 Å². The SMILES string of the molecule is Cc1ccc(-c2nc3ccc(N)cc3s2)c(F)c1. The van der Waals surface area contributed by atoms with E-state index >= 15 is 0 Å². The minimum Gasteiger partial charge on any atom is -0.399 e. The molecule has 2 N–H and O–H groups in total. The van der Waals surface area contributed by atoms with E-state index in [-0.39, 0.29) is 5.82 Å². The molecule has 4 heteroatoms. The molecule has 90 valence electrons. The number of nitrogens with zero attached hydrogens (tertiary/aromatic N) is 1. The Morgan fingerprint density at radius 2 is 2.00 bits per heavy atom. The fourth-order valence-corrected chi connectivity index (χ4v) is 2.89. The highest BCUT2D eigenvalue weighted by molar-refractivity contribution is 7.21. The van der Waals surface area contributed by atoms with E-state index in [1.54, 1.807) is 12.1 Å². The van der Waals surface area contributed by atoms with Crippen LogP contribution in [0.15, 0.2) is 36.4 Å². The van der Waals surface area contributed by atoms with Crippen LogP contribution in [-0.4, -0.2) is 4.98 Å². The lowest BCUT2D eigenvalue weighted by atomic mass is 10.1. The lowest BCUT2D eigenvalue weighted by Gasteiger charge is -1.99. The summed E-state index contributed by atoms with van der Waals surface area (Å²) in [4.78, 5) is 4.44. The Hall–Kier alpha value is -1.94. The van der Waals surface area contributed by atoms with Gasteiger partial charge < -0.3 is 5.73 Å². The zero-order valence-electron chi connectivity index (χ0n) is 9.77. The first-order valence-corrected chi connectivity index (χ1v) is 6.38. The van der Waals surface area contributed by atoms with Crippen LogP contribution >= 0.6 is 11.3 Å². The number of aromatic nitrogens is 1. The highest BCUT2D eigenvalue weighted by atomic mass is 32.1. The Balaban J connectivity index is 2.19. The molecule has 3 rings (SSSR count). The maximum Gasteiger partial charge on any atom is 0.133 e. The Kier molecular flexibility index (Phi) is 2.52. The minimum absolute atomic E-state index is 0.234. The van der Waals surface area contributed by atoms with E-state index in [1.165, 1.54) is 17.4 Å². The molecule has 0 spiro atoms. The molecule has 0 unspecified atom stereocenters. The maximum absolute atomic E-state index is 13.9. The van der Waals surface area contributed by atoms with Crippen molar-refractivity contribution in [1.29, 1.82) is 0 Å². The molecule has 0 bridgehead atoms. The highest BCUT2D eigenvalue weighted by Gasteiger charge is 2.10. The van der Waals surface area contributed by atoms with Crippen LogP contribution in [0.5, 0.6) is 0 Å². The number of rotatable bonds is 1. The molecule has 1 heterocycles. The number of halogens is 1. The van der Waals surface area contributed by atoms with E-state index in [9.17, 15) is 4.39 Å². The molecule has 2 aromatic carbocycles. The second-order valence-corrected chi connectivity index (χ2v) is 5.26. The van der Waals surface area contributed by atoms with Crippen molar-refractivity contribution < 1.29 is 4.39 Å². The highest BCUT2D eigenvalue weighted by Crippen LogP contribution is 2.32. The first-order chi connectivity index (χ1) is 8.63. The van der Waals surface area contributed by atoms with Crippen molar-refractivity contribution in [1.82, 2.24) is 4.98 Å². The average Bonchev–Trinajstić information content (AvgIpc) is 2.71. The van der Waals surface area contributed by atoms with Crippen LogP contribution in [0.3, 0.4) is 0 Å². The van der Waals surface area contributed by atoms with Crippen molar-refractivity contribution in [3.63, 3.8) is 0 Å². The van der Waals surface area contributed by atoms with Gasteiger partial charge in [-0.1, -0.05) is 6.07 Å². The predicted molar refractivity (Wildman–Crippen MR) is 74.2 cm³/mol. The third kappa shape index (κ3) is 1.84. The van der Waals surface area contributed by atoms with Gasteiger partial charge in [-0.2, -0.15) is 0 Å². The van der Waals surface area contributed by atoms with Gasteiger partial charge in [0, 0.05) is 11.3 Å². The fraction of sp³-hybridized carbons (Fsp3) is 0.0714. The van der Waals surface area contributed by atoms with Crippen LogP contribution in [0.1, 0.15) is 5.56 Å². The molecule has 0 radical (unpaired) electrons. The van der Waals surface area contributed by atoms with Crippen LogP contribution in [0.25, 0.3) is 20.8 Å². The average molecular weight is 258 g/mol. The van der Waals surface area contributed by atoms with Gasteiger partial charge in [0.2, 0.25) is 0 Å². The van der Waals surface area contributed by atoms with Gasteiger partial charge in [-0.25, -0.2) is 9.37 Å². The molecule has 0 amide bonds. The van der Waals surface area contributed by atoms with Gasteiger partial charge >= 0.3 is 0 Å². The number of hydrogen-bond donors (Lipinski definition) is 1. The molecular formula is C14H11FN2S. The monoisotopic (exact) mass is 258 g/mol. The van der Waals surface area contributed by atoms with E-state index in [2.05, 4.69) is 4.98 Å². The Labute approximate surface area is 108 Å². The van der Waals surface area contributed by atoms with Crippen molar-refractivity contribution in [2.45, 2.75) is 6.92 Å². The van der Waals surface area contributed by atoms with Crippen molar-refractivity contribution >= 4 is 27.2 Å². The van der Waals surface area contributed by atoms with E-state index in [1.807, 2.05) is 25.1 Å². The smallest absolute Gasteiger partial charge is 0.133 e. The summed E-state index contributed by atoms with van der Waals surface area (Å²) < 4.78 is 14.9. The number of anilines is 1. The first-order valence-electron chi connectivity index (χ1n) is 5.56. The second-order valence-electron chi connectivity index (χ2n) is 4.23. The van der Waals surface area contributed by atoms with E-state index < -0.39 is 0 Å². The predicted octanol–water partition coefficient (Wildman–Crippen LogP) is 3.99. The van der Waals surface area contributed by atoms with Gasteiger partial charge in [-0.15, -0.1) is 11.3 Å². The van der Waals surface area contributed by atoms with Crippen molar-refractivity contribution in [3.05, 3.63) is 47.8 Å². The molecule has 0 saturated carbocycles. The van der Waals surface area contributed by atoms with Crippen LogP contribution < -0.4 is 5.73 Å². The van der Waals surface area contributed by atoms with Crippen LogP contribution in [0.4, 0.5) is 10.1 Å². The summed E-state index contributed by atoms with van der Waals surface area (Å²) in [5, 5.41) is 0.688. The number of aryl methyl sites for hydroxylation is 1. The lowest BCUT2D eigenvalue weighted by Crippen LogP contribution is -1.84. The number of thiazole rings is 1. The van der Waals surface area contributed by atoms with Gasteiger partial charge in [-0.05, 0) is 42.8 Å². The largest absolute Gasteiger partial charge is 0.399 e. The zero-order valence-corrected chi connectivity index (χ0v) is 10.6. The Morgan fingerprint density at radius 3 is 2.78 bits per heavy atom. The summed E-state index contributed by atoms with van der Waals surface area (Å²) in [5.74, 6) is -0.234. The van der Waals surface area contributed by atoms with Gasteiger partial charge in [0.05, 0.1) is 10.2 Å². The van der Waals surface area contributed by atoms with E-state index in [4.69, 9.17) is 5.73 Å². The summed E-state index contributed by atoms with van der Waals surface area (Å²) in [6, 6.07) is 10.7. The summed E-state index contributed by atoms with van der Waals surface area (Å²) >= 11 is 1.45. The topological polar surface area (TPSA) is 38.9 Å². The molecule has 0 aliphatic rings. The number of benzene rings is 2. The fourth-order valence-electron chi connectivity index (χ4n) is 1.85.